The number of esters is 1. The third-order valence-corrected chi connectivity index (χ3v) is 3.35. The minimum atomic E-state index is -0.458. The Kier molecular flexibility index (Phi) is 4.21. The summed E-state index contributed by atoms with van der Waals surface area (Å²) in [6, 6.07) is 9.31. The van der Waals surface area contributed by atoms with Crippen LogP contribution in [-0.4, -0.2) is 22.4 Å². The topological polar surface area (TPSA) is 70.1 Å². The van der Waals surface area contributed by atoms with Gasteiger partial charge in [0.2, 0.25) is 0 Å². The molecule has 0 unspecified atom stereocenters. The van der Waals surface area contributed by atoms with Gasteiger partial charge in [0.05, 0.1) is 13.2 Å². The number of ether oxygens (including phenoxy) is 1. The maximum absolute atomic E-state index is 11.6. The summed E-state index contributed by atoms with van der Waals surface area (Å²) in [5.41, 5.74) is 7.11. The van der Waals surface area contributed by atoms with Crippen LogP contribution < -0.4 is 5.73 Å². The Balaban J connectivity index is 2.22. The standard InChI is InChI=1S/C13H14BrN3O2/c1-2-19-13(18)11-7-12(15)17(16-11)8-9-5-3-4-6-10(9)14/h3-7H,2,8,15H2,1H3. The summed E-state index contributed by atoms with van der Waals surface area (Å²) < 4.78 is 7.44. The van der Waals surface area contributed by atoms with Crippen LogP contribution in [0.1, 0.15) is 23.0 Å². The predicted octanol–water partition coefficient (Wildman–Crippen LogP) is 2.45. The molecule has 0 fully saturated rings. The lowest BCUT2D eigenvalue weighted by molar-refractivity contribution is 0.0518. The highest BCUT2D eigenvalue weighted by Crippen LogP contribution is 2.18. The average Bonchev–Trinajstić information content (AvgIpc) is 2.74. The van der Waals surface area contributed by atoms with Crippen LogP contribution in [0.3, 0.4) is 0 Å². The Morgan fingerprint density at radius 1 is 1.47 bits per heavy atom. The first-order valence-electron chi connectivity index (χ1n) is 5.85. The van der Waals surface area contributed by atoms with Crippen molar-refractivity contribution in [2.24, 2.45) is 0 Å². The average molecular weight is 324 g/mol. The van der Waals surface area contributed by atoms with Crippen LogP contribution in [0.4, 0.5) is 5.82 Å². The molecule has 0 spiro atoms. The number of carbonyl (C=O) groups is 1. The minimum Gasteiger partial charge on any atom is -0.461 e. The highest BCUT2D eigenvalue weighted by atomic mass is 79.9. The van der Waals surface area contributed by atoms with Gasteiger partial charge >= 0.3 is 5.97 Å². The molecule has 5 nitrogen and oxygen atoms in total. The number of hydrogen-bond acceptors (Lipinski definition) is 4. The van der Waals surface area contributed by atoms with Crippen molar-refractivity contribution >= 4 is 27.7 Å². The first kappa shape index (κ1) is 13.6. The molecule has 0 radical (unpaired) electrons. The number of nitrogens with two attached hydrogens (primary N) is 1. The molecule has 0 bridgehead atoms. The van der Waals surface area contributed by atoms with Crippen LogP contribution in [-0.2, 0) is 11.3 Å². The van der Waals surface area contributed by atoms with Crippen molar-refractivity contribution in [2.75, 3.05) is 12.3 Å². The molecule has 0 aliphatic carbocycles. The van der Waals surface area contributed by atoms with Gasteiger partial charge < -0.3 is 10.5 Å². The van der Waals surface area contributed by atoms with E-state index in [-0.39, 0.29) is 5.69 Å². The number of rotatable bonds is 4. The molecule has 0 atom stereocenters. The molecule has 2 N–H and O–H groups in total. The van der Waals surface area contributed by atoms with Gasteiger partial charge in [-0.15, -0.1) is 0 Å². The van der Waals surface area contributed by atoms with Crippen molar-refractivity contribution in [1.82, 2.24) is 9.78 Å². The molecule has 1 aromatic carbocycles. The van der Waals surface area contributed by atoms with Crippen LogP contribution in [0.15, 0.2) is 34.8 Å². The summed E-state index contributed by atoms with van der Waals surface area (Å²) in [6.07, 6.45) is 0. The third-order valence-electron chi connectivity index (χ3n) is 2.57. The zero-order valence-electron chi connectivity index (χ0n) is 10.5. The number of halogens is 1. The fourth-order valence-electron chi connectivity index (χ4n) is 1.65. The number of anilines is 1. The first-order valence-corrected chi connectivity index (χ1v) is 6.65. The molecular formula is C13H14BrN3O2. The van der Waals surface area contributed by atoms with Crippen LogP contribution in [0.2, 0.25) is 0 Å². The van der Waals surface area contributed by atoms with Crippen LogP contribution in [0.5, 0.6) is 0 Å². The maximum Gasteiger partial charge on any atom is 0.358 e. The molecule has 6 heteroatoms. The van der Waals surface area contributed by atoms with E-state index in [4.69, 9.17) is 10.5 Å². The molecule has 1 aromatic heterocycles. The van der Waals surface area contributed by atoms with Crippen LogP contribution in [0.25, 0.3) is 0 Å². The maximum atomic E-state index is 11.6. The van der Waals surface area contributed by atoms with Crippen LogP contribution >= 0.6 is 15.9 Å². The van der Waals surface area contributed by atoms with Crippen LogP contribution in [0, 0.1) is 0 Å². The summed E-state index contributed by atoms with van der Waals surface area (Å²) in [6.45, 7) is 2.56. The van der Waals surface area contributed by atoms with E-state index in [1.54, 1.807) is 11.6 Å². The van der Waals surface area contributed by atoms with Crippen molar-refractivity contribution in [1.29, 1.82) is 0 Å². The number of nitrogens with zero attached hydrogens (tertiary/aromatic N) is 2. The normalized spacial score (nSPS) is 10.4. The van der Waals surface area contributed by atoms with Gasteiger partial charge in [0.15, 0.2) is 5.69 Å². The quantitative estimate of drug-likeness (QED) is 0.877. The summed E-state index contributed by atoms with van der Waals surface area (Å²) >= 11 is 3.47. The Morgan fingerprint density at radius 2 is 2.21 bits per heavy atom. The third kappa shape index (κ3) is 3.14. The van der Waals surface area contributed by atoms with Gasteiger partial charge in [-0.1, -0.05) is 34.1 Å². The van der Waals surface area contributed by atoms with Gasteiger partial charge in [-0.25, -0.2) is 9.48 Å². The molecule has 0 amide bonds. The number of aromatic nitrogens is 2. The molecule has 0 aliphatic heterocycles. The second-order valence-electron chi connectivity index (χ2n) is 3.92. The van der Waals surface area contributed by atoms with Gasteiger partial charge in [-0.05, 0) is 18.6 Å². The SMILES string of the molecule is CCOC(=O)c1cc(N)n(Cc2ccccc2Br)n1. The molecule has 19 heavy (non-hydrogen) atoms. The Morgan fingerprint density at radius 3 is 2.89 bits per heavy atom. The molecule has 2 rings (SSSR count). The predicted molar refractivity (Wildman–Crippen MR) is 75.8 cm³/mol. The van der Waals surface area contributed by atoms with Gasteiger partial charge in [-0.2, -0.15) is 5.10 Å². The van der Waals surface area contributed by atoms with Gasteiger partial charge in [0.25, 0.3) is 0 Å². The van der Waals surface area contributed by atoms with E-state index in [2.05, 4.69) is 21.0 Å². The number of nitrogen functional groups attached to an aromatic ring is 1. The minimum absolute atomic E-state index is 0.228. The zero-order valence-corrected chi connectivity index (χ0v) is 12.1. The molecule has 2 aromatic rings. The lowest BCUT2D eigenvalue weighted by Crippen LogP contribution is -2.09. The largest absolute Gasteiger partial charge is 0.461 e. The Bertz CT molecular complexity index is 595. The van der Waals surface area contributed by atoms with E-state index in [0.717, 1.165) is 10.0 Å². The van der Waals surface area contributed by atoms with Gasteiger partial charge in [-0.3, -0.25) is 0 Å². The molecule has 100 valence electrons. The van der Waals surface area contributed by atoms with Crippen molar-refractivity contribution < 1.29 is 9.53 Å². The van der Waals surface area contributed by atoms with Crippen molar-refractivity contribution in [3.63, 3.8) is 0 Å². The number of hydrogen-bond donors (Lipinski definition) is 1. The Hall–Kier alpha value is -1.82. The first-order chi connectivity index (χ1) is 9.11. The second-order valence-corrected chi connectivity index (χ2v) is 4.78. The highest BCUT2D eigenvalue weighted by Gasteiger charge is 2.14. The van der Waals surface area contributed by atoms with Crippen molar-refractivity contribution in [2.45, 2.75) is 13.5 Å². The highest BCUT2D eigenvalue weighted by molar-refractivity contribution is 9.10. The van der Waals surface area contributed by atoms with Crippen molar-refractivity contribution in [3.05, 3.63) is 46.1 Å². The monoisotopic (exact) mass is 323 g/mol. The van der Waals surface area contributed by atoms with E-state index in [0.29, 0.717) is 19.0 Å². The molecule has 0 saturated heterocycles. The van der Waals surface area contributed by atoms with Crippen molar-refractivity contribution in [3.8, 4) is 0 Å². The fourth-order valence-corrected chi connectivity index (χ4v) is 2.06. The fraction of sp³-hybridized carbons (Fsp3) is 0.231. The molecule has 0 aliphatic rings. The number of carbonyl (C=O) groups excluding carboxylic acids is 1. The molecule has 0 saturated carbocycles. The Labute approximate surface area is 119 Å². The molecular weight excluding hydrogens is 310 g/mol. The summed E-state index contributed by atoms with van der Waals surface area (Å²) in [7, 11) is 0. The van der Waals surface area contributed by atoms with E-state index in [9.17, 15) is 4.79 Å². The lowest BCUT2D eigenvalue weighted by atomic mass is 10.2. The van der Waals surface area contributed by atoms with E-state index in [1.165, 1.54) is 6.07 Å². The van der Waals surface area contributed by atoms with Gasteiger partial charge in [0.1, 0.15) is 5.82 Å². The summed E-state index contributed by atoms with van der Waals surface area (Å²) in [5.74, 6) is -0.0288. The zero-order chi connectivity index (χ0) is 13.8. The number of benzene rings is 1. The van der Waals surface area contributed by atoms with E-state index in [1.807, 2.05) is 24.3 Å². The van der Waals surface area contributed by atoms with Gasteiger partial charge in [0, 0.05) is 10.5 Å². The molecule has 1 heterocycles. The summed E-state index contributed by atoms with van der Waals surface area (Å²) in [5, 5.41) is 4.16. The lowest BCUT2D eigenvalue weighted by Gasteiger charge is -2.06. The van der Waals surface area contributed by atoms with E-state index < -0.39 is 5.97 Å². The summed E-state index contributed by atoms with van der Waals surface area (Å²) in [4.78, 5) is 11.6. The second kappa shape index (κ2) is 5.88. The van der Waals surface area contributed by atoms with E-state index >= 15 is 0 Å². The smallest absolute Gasteiger partial charge is 0.358 e.